The minimum Gasteiger partial charge on any atom is -0.481 e. The zero-order chi connectivity index (χ0) is 12.5. The zero-order valence-corrected chi connectivity index (χ0v) is 10.0. The van der Waals surface area contributed by atoms with Gasteiger partial charge in [-0.15, -0.1) is 0 Å². The van der Waals surface area contributed by atoms with Crippen molar-refractivity contribution in [2.45, 2.75) is 51.4 Å². The molecule has 2 aliphatic carbocycles. The molecule has 0 aromatic carbocycles. The Balaban J connectivity index is 2.10. The number of carbonyl (C=O) groups is 2. The van der Waals surface area contributed by atoms with Crippen LogP contribution >= 0.6 is 0 Å². The van der Waals surface area contributed by atoms with Crippen LogP contribution in [-0.2, 0) is 9.59 Å². The molecule has 17 heavy (non-hydrogen) atoms. The Morgan fingerprint density at radius 2 is 1.47 bits per heavy atom. The van der Waals surface area contributed by atoms with Gasteiger partial charge in [0.1, 0.15) is 0 Å². The molecule has 0 atom stereocenters. The van der Waals surface area contributed by atoms with E-state index in [1.807, 2.05) is 0 Å². The van der Waals surface area contributed by atoms with Crippen LogP contribution in [0.5, 0.6) is 0 Å². The standard InChI is InChI=1S/C13H20O4/c14-11(15)9-5-7-13(8-6-9,12(16)17)10-3-1-2-4-10/h9-10H,1-8H2,(H,14,15)(H,16,17). The third-order valence-corrected chi connectivity index (χ3v) is 4.79. The largest absolute Gasteiger partial charge is 0.481 e. The highest BCUT2D eigenvalue weighted by molar-refractivity contribution is 5.76. The first-order chi connectivity index (χ1) is 8.06. The summed E-state index contributed by atoms with van der Waals surface area (Å²) < 4.78 is 0. The van der Waals surface area contributed by atoms with Gasteiger partial charge in [-0.05, 0) is 44.4 Å². The maximum Gasteiger partial charge on any atom is 0.309 e. The average Bonchev–Trinajstić information content (AvgIpc) is 2.82. The van der Waals surface area contributed by atoms with Crippen LogP contribution in [0.4, 0.5) is 0 Å². The second-order valence-electron chi connectivity index (χ2n) is 5.56. The molecular formula is C13H20O4. The van der Waals surface area contributed by atoms with E-state index in [2.05, 4.69) is 0 Å². The lowest BCUT2D eigenvalue weighted by Crippen LogP contribution is -2.42. The summed E-state index contributed by atoms with van der Waals surface area (Å²) >= 11 is 0. The first-order valence-electron chi connectivity index (χ1n) is 6.52. The molecule has 4 nitrogen and oxygen atoms in total. The minimum absolute atomic E-state index is 0.273. The van der Waals surface area contributed by atoms with Crippen LogP contribution in [-0.4, -0.2) is 22.2 Å². The fraction of sp³-hybridized carbons (Fsp3) is 0.846. The molecule has 2 N–H and O–H groups in total. The number of rotatable bonds is 3. The third-order valence-electron chi connectivity index (χ3n) is 4.79. The van der Waals surface area contributed by atoms with Crippen molar-refractivity contribution in [2.24, 2.45) is 17.3 Å². The molecule has 0 amide bonds. The van der Waals surface area contributed by atoms with Gasteiger partial charge in [0.15, 0.2) is 0 Å². The molecule has 0 unspecified atom stereocenters. The predicted octanol–water partition coefficient (Wildman–Crippen LogP) is 2.52. The van der Waals surface area contributed by atoms with Crippen molar-refractivity contribution < 1.29 is 19.8 Å². The van der Waals surface area contributed by atoms with Crippen molar-refractivity contribution in [3.05, 3.63) is 0 Å². The van der Waals surface area contributed by atoms with Crippen LogP contribution in [0.1, 0.15) is 51.4 Å². The Hall–Kier alpha value is -1.06. The zero-order valence-electron chi connectivity index (χ0n) is 10.0. The minimum atomic E-state index is -0.768. The number of hydrogen-bond acceptors (Lipinski definition) is 2. The normalized spacial score (nSPS) is 34.7. The van der Waals surface area contributed by atoms with Gasteiger partial charge in [0, 0.05) is 0 Å². The molecule has 0 radical (unpaired) electrons. The van der Waals surface area contributed by atoms with Crippen molar-refractivity contribution in [3.63, 3.8) is 0 Å². The van der Waals surface area contributed by atoms with Gasteiger partial charge in [-0.2, -0.15) is 0 Å². The Kier molecular flexibility index (Phi) is 3.40. The summed E-state index contributed by atoms with van der Waals surface area (Å²) in [5.74, 6) is -1.53. The van der Waals surface area contributed by atoms with Crippen molar-refractivity contribution in [1.82, 2.24) is 0 Å². The quantitative estimate of drug-likeness (QED) is 0.794. The highest BCUT2D eigenvalue weighted by Gasteiger charge is 2.49. The summed E-state index contributed by atoms with van der Waals surface area (Å²) in [7, 11) is 0. The second-order valence-corrected chi connectivity index (χ2v) is 5.56. The first kappa shape index (κ1) is 12.4. The van der Waals surface area contributed by atoms with E-state index in [0.717, 1.165) is 25.7 Å². The van der Waals surface area contributed by atoms with Gasteiger partial charge in [0.2, 0.25) is 0 Å². The fourth-order valence-corrected chi connectivity index (χ4v) is 3.66. The molecule has 0 aromatic rings. The summed E-state index contributed by atoms with van der Waals surface area (Å²) in [4.78, 5) is 22.5. The SMILES string of the molecule is O=C(O)C1CCC(C(=O)O)(C2CCCC2)CC1. The summed E-state index contributed by atoms with van der Waals surface area (Å²) in [6.07, 6.45) is 6.41. The Bertz CT molecular complexity index is 309. The highest BCUT2D eigenvalue weighted by atomic mass is 16.4. The molecule has 4 heteroatoms. The van der Waals surface area contributed by atoms with Crippen molar-refractivity contribution in [2.75, 3.05) is 0 Å². The van der Waals surface area contributed by atoms with E-state index in [1.165, 1.54) is 0 Å². The summed E-state index contributed by atoms with van der Waals surface area (Å²) in [6.45, 7) is 0. The molecule has 2 aliphatic rings. The van der Waals surface area contributed by atoms with Gasteiger partial charge < -0.3 is 10.2 Å². The van der Waals surface area contributed by atoms with E-state index in [4.69, 9.17) is 5.11 Å². The van der Waals surface area contributed by atoms with Gasteiger partial charge >= 0.3 is 11.9 Å². The molecule has 0 aliphatic heterocycles. The van der Waals surface area contributed by atoms with E-state index >= 15 is 0 Å². The van der Waals surface area contributed by atoms with Crippen LogP contribution in [0.3, 0.4) is 0 Å². The molecular weight excluding hydrogens is 220 g/mol. The molecule has 2 saturated carbocycles. The Morgan fingerprint density at radius 3 is 1.88 bits per heavy atom. The van der Waals surface area contributed by atoms with E-state index < -0.39 is 17.4 Å². The van der Waals surface area contributed by atoms with E-state index in [-0.39, 0.29) is 11.8 Å². The van der Waals surface area contributed by atoms with E-state index in [0.29, 0.717) is 25.7 Å². The topological polar surface area (TPSA) is 74.6 Å². The lowest BCUT2D eigenvalue weighted by Gasteiger charge is -2.40. The number of hydrogen-bond donors (Lipinski definition) is 2. The maximum atomic E-state index is 11.6. The Morgan fingerprint density at radius 1 is 0.941 bits per heavy atom. The Labute approximate surface area is 101 Å². The van der Waals surface area contributed by atoms with Crippen LogP contribution in [0.2, 0.25) is 0 Å². The lowest BCUT2D eigenvalue weighted by molar-refractivity contribution is -0.159. The van der Waals surface area contributed by atoms with Crippen LogP contribution in [0, 0.1) is 17.3 Å². The molecule has 96 valence electrons. The fourth-order valence-electron chi connectivity index (χ4n) is 3.66. The van der Waals surface area contributed by atoms with Gasteiger partial charge in [0.05, 0.1) is 11.3 Å². The molecule has 0 aromatic heterocycles. The number of carboxylic acids is 2. The monoisotopic (exact) mass is 240 g/mol. The van der Waals surface area contributed by atoms with E-state index in [1.54, 1.807) is 0 Å². The summed E-state index contributed by atoms with van der Waals surface area (Å²) in [5, 5.41) is 18.5. The number of aliphatic carboxylic acids is 2. The number of carboxylic acid groups (broad SMARTS) is 2. The van der Waals surface area contributed by atoms with Crippen LogP contribution < -0.4 is 0 Å². The van der Waals surface area contributed by atoms with E-state index in [9.17, 15) is 14.7 Å². The van der Waals surface area contributed by atoms with Gasteiger partial charge in [0.25, 0.3) is 0 Å². The van der Waals surface area contributed by atoms with Crippen molar-refractivity contribution in [3.8, 4) is 0 Å². The van der Waals surface area contributed by atoms with Crippen LogP contribution in [0.15, 0.2) is 0 Å². The average molecular weight is 240 g/mol. The van der Waals surface area contributed by atoms with Crippen molar-refractivity contribution >= 4 is 11.9 Å². The van der Waals surface area contributed by atoms with Gasteiger partial charge in [-0.1, -0.05) is 12.8 Å². The molecule has 2 fully saturated rings. The molecule has 0 spiro atoms. The second kappa shape index (κ2) is 4.67. The highest BCUT2D eigenvalue weighted by Crippen LogP contribution is 2.50. The molecule has 0 bridgehead atoms. The first-order valence-corrected chi connectivity index (χ1v) is 6.52. The van der Waals surface area contributed by atoms with Gasteiger partial charge in [-0.25, -0.2) is 0 Å². The molecule has 2 rings (SSSR count). The maximum absolute atomic E-state index is 11.6. The molecule has 0 saturated heterocycles. The summed E-state index contributed by atoms with van der Waals surface area (Å²) in [5.41, 5.74) is -0.623. The summed E-state index contributed by atoms with van der Waals surface area (Å²) in [6, 6.07) is 0. The molecule has 0 heterocycles. The third kappa shape index (κ3) is 2.17. The van der Waals surface area contributed by atoms with Crippen LogP contribution in [0.25, 0.3) is 0 Å². The predicted molar refractivity (Wildman–Crippen MR) is 61.6 cm³/mol. The van der Waals surface area contributed by atoms with Crippen molar-refractivity contribution in [1.29, 1.82) is 0 Å². The smallest absolute Gasteiger partial charge is 0.309 e. The lowest BCUT2D eigenvalue weighted by atomic mass is 9.63. The van der Waals surface area contributed by atoms with Gasteiger partial charge in [-0.3, -0.25) is 9.59 Å².